The molecule has 178 valence electrons. The minimum absolute atomic E-state index is 0.249. The van der Waals surface area contributed by atoms with Crippen molar-refractivity contribution in [2.24, 2.45) is 5.10 Å². The van der Waals surface area contributed by atoms with Crippen LogP contribution in [-0.2, 0) is 0 Å². The van der Waals surface area contributed by atoms with Crippen LogP contribution in [0.1, 0.15) is 42.2 Å². The lowest BCUT2D eigenvalue weighted by atomic mass is 10.1. The first-order valence-corrected chi connectivity index (χ1v) is 11.2. The molecular weight excluding hydrogens is 454 g/mol. The van der Waals surface area contributed by atoms with Gasteiger partial charge >= 0.3 is 5.97 Å². The summed E-state index contributed by atoms with van der Waals surface area (Å²) in [7, 11) is 0. The lowest BCUT2D eigenvalue weighted by Gasteiger charge is -2.10. The Morgan fingerprint density at radius 3 is 2.17 bits per heavy atom. The fourth-order valence-electron chi connectivity index (χ4n) is 3.32. The van der Waals surface area contributed by atoms with E-state index in [4.69, 9.17) is 4.74 Å². The summed E-state index contributed by atoms with van der Waals surface area (Å²) in [5.41, 5.74) is 5.51. The van der Waals surface area contributed by atoms with Gasteiger partial charge in [0.2, 0.25) is 0 Å². The molecule has 4 rings (SSSR count). The molecule has 0 heterocycles. The molecule has 7 nitrogen and oxygen atoms in total. The number of amides is 2. The topological polar surface area (TPSA) is 96.9 Å². The highest BCUT2D eigenvalue weighted by molar-refractivity contribution is 6.09. The van der Waals surface area contributed by atoms with Crippen LogP contribution in [-0.4, -0.2) is 24.0 Å². The zero-order valence-corrected chi connectivity index (χ0v) is 19.5. The summed E-state index contributed by atoms with van der Waals surface area (Å²) in [5, 5.41) is 6.79. The second kappa shape index (κ2) is 11.4. The zero-order chi connectivity index (χ0) is 25.3. The molecule has 0 bridgehead atoms. The van der Waals surface area contributed by atoms with Crippen molar-refractivity contribution in [2.45, 2.75) is 6.92 Å². The second-order valence-corrected chi connectivity index (χ2v) is 7.86. The van der Waals surface area contributed by atoms with Crippen molar-refractivity contribution in [1.29, 1.82) is 0 Å². The first kappa shape index (κ1) is 24.1. The Hall–Kier alpha value is -5.04. The number of aryl methyl sites for hydroxylation is 1. The lowest BCUT2D eigenvalue weighted by Crippen LogP contribution is -2.21. The van der Waals surface area contributed by atoms with Gasteiger partial charge < -0.3 is 10.1 Å². The number of nitrogens with zero attached hydrogens (tertiary/aromatic N) is 1. The van der Waals surface area contributed by atoms with Gasteiger partial charge in [-0.15, -0.1) is 0 Å². The van der Waals surface area contributed by atoms with Crippen molar-refractivity contribution in [1.82, 2.24) is 5.43 Å². The standard InChI is InChI=1S/C29H23N3O4/c1-20-15-17-21(18-16-20)27(33)31-25-13-7-6-12-24(25)28(34)32-30-19-23-11-5-8-14-26(23)36-29(35)22-9-3-2-4-10-22/h2-19H,1H3,(H,31,33)(H,32,34)/b30-19-. The van der Waals surface area contributed by atoms with E-state index in [0.717, 1.165) is 5.56 Å². The number of hydrogen-bond acceptors (Lipinski definition) is 5. The molecule has 2 N–H and O–H groups in total. The van der Waals surface area contributed by atoms with Gasteiger partial charge in [-0.05, 0) is 55.5 Å². The molecule has 4 aromatic rings. The van der Waals surface area contributed by atoms with Gasteiger partial charge in [-0.2, -0.15) is 5.10 Å². The maximum absolute atomic E-state index is 12.8. The van der Waals surface area contributed by atoms with Crippen molar-refractivity contribution in [3.8, 4) is 5.75 Å². The number of hydrogen-bond donors (Lipinski definition) is 2. The number of nitrogens with one attached hydrogen (secondary N) is 2. The van der Waals surface area contributed by atoms with E-state index in [1.165, 1.54) is 6.21 Å². The number of hydrazone groups is 1. The van der Waals surface area contributed by atoms with Crippen molar-refractivity contribution in [3.05, 3.63) is 131 Å². The fraction of sp³-hybridized carbons (Fsp3) is 0.0345. The number of carbonyl (C=O) groups excluding carboxylic acids is 3. The average Bonchev–Trinajstić information content (AvgIpc) is 2.90. The molecule has 0 saturated heterocycles. The Morgan fingerprint density at radius 2 is 1.39 bits per heavy atom. The predicted molar refractivity (Wildman–Crippen MR) is 138 cm³/mol. The van der Waals surface area contributed by atoms with Crippen LogP contribution in [0.15, 0.2) is 108 Å². The Bertz CT molecular complexity index is 1410. The monoisotopic (exact) mass is 477 g/mol. The van der Waals surface area contributed by atoms with Crippen LogP contribution in [0.5, 0.6) is 5.75 Å². The van der Waals surface area contributed by atoms with E-state index >= 15 is 0 Å². The number of rotatable bonds is 7. The number of para-hydroxylation sites is 2. The van der Waals surface area contributed by atoms with Crippen molar-refractivity contribution < 1.29 is 19.1 Å². The smallest absolute Gasteiger partial charge is 0.343 e. The molecular formula is C29H23N3O4. The number of carbonyl (C=O) groups is 3. The van der Waals surface area contributed by atoms with Crippen molar-refractivity contribution in [2.75, 3.05) is 5.32 Å². The van der Waals surface area contributed by atoms with Crippen LogP contribution < -0.4 is 15.5 Å². The van der Waals surface area contributed by atoms with Crippen LogP contribution in [0.4, 0.5) is 5.69 Å². The summed E-state index contributed by atoms with van der Waals surface area (Å²) >= 11 is 0. The molecule has 0 aliphatic rings. The fourth-order valence-corrected chi connectivity index (χ4v) is 3.32. The lowest BCUT2D eigenvalue weighted by molar-refractivity contribution is 0.0734. The van der Waals surface area contributed by atoms with Gasteiger partial charge in [-0.25, -0.2) is 10.2 Å². The number of ether oxygens (including phenoxy) is 1. The quantitative estimate of drug-likeness (QED) is 0.165. The molecule has 4 aromatic carbocycles. The summed E-state index contributed by atoms with van der Waals surface area (Å²) < 4.78 is 5.50. The summed E-state index contributed by atoms with van der Waals surface area (Å²) in [6.45, 7) is 1.94. The molecule has 0 fully saturated rings. The van der Waals surface area contributed by atoms with E-state index in [-0.39, 0.29) is 11.5 Å². The van der Waals surface area contributed by atoms with E-state index in [0.29, 0.717) is 28.1 Å². The maximum atomic E-state index is 12.8. The summed E-state index contributed by atoms with van der Waals surface area (Å²) in [5.74, 6) is -1.04. The van der Waals surface area contributed by atoms with Crippen LogP contribution in [0.2, 0.25) is 0 Å². The van der Waals surface area contributed by atoms with Crippen LogP contribution in [0.25, 0.3) is 0 Å². The van der Waals surface area contributed by atoms with E-state index in [1.54, 1.807) is 84.9 Å². The molecule has 2 amide bonds. The average molecular weight is 478 g/mol. The zero-order valence-electron chi connectivity index (χ0n) is 19.5. The first-order chi connectivity index (χ1) is 17.5. The molecule has 0 saturated carbocycles. The third-order valence-corrected chi connectivity index (χ3v) is 5.23. The van der Waals surface area contributed by atoms with E-state index in [9.17, 15) is 14.4 Å². The minimum Gasteiger partial charge on any atom is -0.422 e. The normalized spacial score (nSPS) is 10.6. The van der Waals surface area contributed by atoms with Gasteiger partial charge in [0.1, 0.15) is 5.75 Å². The molecule has 0 spiro atoms. The summed E-state index contributed by atoms with van der Waals surface area (Å²) in [4.78, 5) is 37.8. The molecule has 0 atom stereocenters. The Morgan fingerprint density at radius 1 is 0.722 bits per heavy atom. The molecule has 0 aliphatic heterocycles. The highest BCUT2D eigenvalue weighted by atomic mass is 16.5. The Balaban J connectivity index is 1.44. The van der Waals surface area contributed by atoms with Crippen LogP contribution >= 0.6 is 0 Å². The maximum Gasteiger partial charge on any atom is 0.343 e. The SMILES string of the molecule is Cc1ccc(C(=O)Nc2ccccc2C(=O)N/N=C\c2ccccc2OC(=O)c2ccccc2)cc1. The Kier molecular flexibility index (Phi) is 7.63. The van der Waals surface area contributed by atoms with Gasteiger partial charge in [0.15, 0.2) is 0 Å². The second-order valence-electron chi connectivity index (χ2n) is 7.86. The first-order valence-electron chi connectivity index (χ1n) is 11.2. The van der Waals surface area contributed by atoms with Crippen LogP contribution in [0, 0.1) is 6.92 Å². The molecule has 7 heteroatoms. The minimum atomic E-state index is -0.509. The van der Waals surface area contributed by atoms with Gasteiger partial charge in [0, 0.05) is 11.1 Å². The van der Waals surface area contributed by atoms with Gasteiger partial charge in [-0.3, -0.25) is 9.59 Å². The number of anilines is 1. The van der Waals surface area contributed by atoms with Gasteiger partial charge in [0.05, 0.1) is 23.0 Å². The highest BCUT2D eigenvalue weighted by Gasteiger charge is 2.14. The molecule has 0 unspecified atom stereocenters. The Labute approximate surface area is 208 Å². The number of benzene rings is 4. The molecule has 36 heavy (non-hydrogen) atoms. The summed E-state index contributed by atoms with van der Waals surface area (Å²) in [6, 6.07) is 29.3. The van der Waals surface area contributed by atoms with E-state index < -0.39 is 11.9 Å². The third-order valence-electron chi connectivity index (χ3n) is 5.23. The molecule has 0 radical (unpaired) electrons. The number of esters is 1. The van der Waals surface area contributed by atoms with E-state index in [2.05, 4.69) is 15.8 Å². The van der Waals surface area contributed by atoms with E-state index in [1.807, 2.05) is 25.1 Å². The summed E-state index contributed by atoms with van der Waals surface area (Å²) in [6.07, 6.45) is 1.39. The third kappa shape index (κ3) is 6.09. The van der Waals surface area contributed by atoms with Crippen molar-refractivity contribution >= 4 is 29.7 Å². The predicted octanol–water partition coefficient (Wildman–Crippen LogP) is 5.23. The van der Waals surface area contributed by atoms with Gasteiger partial charge in [0.25, 0.3) is 11.8 Å². The van der Waals surface area contributed by atoms with Crippen molar-refractivity contribution in [3.63, 3.8) is 0 Å². The van der Waals surface area contributed by atoms with Crippen LogP contribution in [0.3, 0.4) is 0 Å². The molecule has 0 aromatic heterocycles. The van der Waals surface area contributed by atoms with Gasteiger partial charge in [-0.1, -0.05) is 60.2 Å². The highest BCUT2D eigenvalue weighted by Crippen LogP contribution is 2.19. The molecule has 0 aliphatic carbocycles. The largest absolute Gasteiger partial charge is 0.422 e.